The molecule has 5 heteroatoms. The Kier molecular flexibility index (Phi) is 1.31. The van der Waals surface area contributed by atoms with Gasteiger partial charge in [0.05, 0.1) is 0 Å². The van der Waals surface area contributed by atoms with E-state index in [2.05, 4.69) is 0 Å². The Morgan fingerprint density at radius 2 is 2.00 bits per heavy atom. The number of carboxylic acid groups (broad SMARTS) is 2. The summed E-state index contributed by atoms with van der Waals surface area (Å²) in [5, 5.41) is 17.4. The van der Waals surface area contributed by atoms with Gasteiger partial charge in [-0.15, -0.1) is 0 Å². The Hall–Kier alpha value is -1.26. The van der Waals surface area contributed by atoms with E-state index < -0.39 is 18.1 Å². The van der Waals surface area contributed by atoms with Crippen LogP contribution in [0.2, 0.25) is 0 Å². The molecule has 0 bridgehead atoms. The molecule has 0 unspecified atom stereocenters. The summed E-state index contributed by atoms with van der Waals surface area (Å²) in [7, 11) is 0. The van der Waals surface area contributed by atoms with Crippen molar-refractivity contribution in [3.8, 4) is 0 Å². The molecule has 2 fully saturated rings. The van der Waals surface area contributed by atoms with Crippen LogP contribution in [0.5, 0.6) is 0 Å². The predicted octanol–water partition coefficient (Wildman–Crippen LogP) is 0.0693. The maximum absolute atomic E-state index is 10.6. The number of hydrogen-bond donors (Lipinski definition) is 2. The second kappa shape index (κ2) is 2.12. The molecular weight excluding hydrogens is 162 g/mol. The number of likely N-dealkylation sites (tertiary alicyclic amines) is 1. The van der Waals surface area contributed by atoms with Crippen LogP contribution < -0.4 is 0 Å². The van der Waals surface area contributed by atoms with Crippen LogP contribution in [0.25, 0.3) is 0 Å². The number of hydrogen-bond acceptors (Lipinski definition) is 2. The zero-order valence-corrected chi connectivity index (χ0v) is 6.30. The molecule has 2 N–H and O–H groups in total. The van der Waals surface area contributed by atoms with Gasteiger partial charge < -0.3 is 10.2 Å². The third-order valence-corrected chi connectivity index (χ3v) is 2.65. The second-order valence-corrected chi connectivity index (χ2v) is 3.38. The lowest BCUT2D eigenvalue weighted by molar-refractivity contribution is -0.142. The average Bonchev–Trinajstić information content (AvgIpc) is 2.60. The first-order valence-electron chi connectivity index (χ1n) is 3.83. The first-order chi connectivity index (χ1) is 5.61. The van der Waals surface area contributed by atoms with E-state index >= 15 is 0 Å². The summed E-state index contributed by atoms with van der Waals surface area (Å²) in [6.07, 6.45) is -0.240. The number of aliphatic carboxylic acids is 1. The van der Waals surface area contributed by atoms with Crippen molar-refractivity contribution in [3.05, 3.63) is 0 Å². The molecule has 5 nitrogen and oxygen atoms in total. The fourth-order valence-electron chi connectivity index (χ4n) is 1.98. The van der Waals surface area contributed by atoms with Crippen LogP contribution >= 0.6 is 0 Å². The molecule has 12 heavy (non-hydrogen) atoms. The van der Waals surface area contributed by atoms with Gasteiger partial charge in [0.1, 0.15) is 6.04 Å². The van der Waals surface area contributed by atoms with E-state index in [0.29, 0.717) is 12.5 Å². The van der Waals surface area contributed by atoms with Crippen molar-refractivity contribution < 1.29 is 19.8 Å². The van der Waals surface area contributed by atoms with Gasteiger partial charge in [-0.1, -0.05) is 0 Å². The van der Waals surface area contributed by atoms with Crippen LogP contribution in [0, 0.1) is 11.8 Å². The van der Waals surface area contributed by atoms with Crippen molar-refractivity contribution in [2.75, 3.05) is 6.54 Å². The molecule has 2 rings (SSSR count). The maximum Gasteiger partial charge on any atom is 0.408 e. The summed E-state index contributed by atoms with van der Waals surface area (Å²) >= 11 is 0. The number of amides is 1. The van der Waals surface area contributed by atoms with E-state index in [1.807, 2.05) is 0 Å². The summed E-state index contributed by atoms with van der Waals surface area (Å²) in [6, 6.07) is -0.785. The van der Waals surface area contributed by atoms with Crippen LogP contribution in [0.1, 0.15) is 6.42 Å². The molecule has 1 heterocycles. The van der Waals surface area contributed by atoms with Crippen LogP contribution in [0.15, 0.2) is 0 Å². The van der Waals surface area contributed by atoms with Crippen molar-refractivity contribution in [3.63, 3.8) is 0 Å². The third-order valence-electron chi connectivity index (χ3n) is 2.65. The number of fused-ring (bicyclic) bond motifs is 1. The third kappa shape index (κ3) is 0.855. The van der Waals surface area contributed by atoms with E-state index in [-0.39, 0.29) is 5.92 Å². The molecule has 2 aliphatic rings. The van der Waals surface area contributed by atoms with Gasteiger partial charge in [0.25, 0.3) is 0 Å². The van der Waals surface area contributed by atoms with Gasteiger partial charge in [0.15, 0.2) is 0 Å². The topological polar surface area (TPSA) is 77.8 Å². The smallest absolute Gasteiger partial charge is 0.408 e. The predicted molar refractivity (Wildman–Crippen MR) is 37.8 cm³/mol. The number of rotatable bonds is 1. The lowest BCUT2D eigenvalue weighted by Crippen LogP contribution is -2.42. The largest absolute Gasteiger partial charge is 0.480 e. The standard InChI is InChI=1S/C7H9NO4/c9-6(10)5-4-1-3(4)2-8(5)7(11)12/h3-5H,1-2H2,(H,9,10)(H,11,12)/t3-,4-,5+/m0/s1. The Morgan fingerprint density at radius 3 is 2.42 bits per heavy atom. The monoisotopic (exact) mass is 171 g/mol. The summed E-state index contributed by atoms with van der Waals surface area (Å²) in [5.74, 6) is -0.622. The van der Waals surface area contributed by atoms with Crippen molar-refractivity contribution in [1.29, 1.82) is 0 Å². The molecule has 1 aliphatic heterocycles. The van der Waals surface area contributed by atoms with Crippen LogP contribution in [-0.2, 0) is 4.79 Å². The quantitative estimate of drug-likeness (QED) is 0.585. The molecule has 0 aromatic heterocycles. The number of piperidine rings is 1. The minimum absolute atomic E-state index is 0.0820. The second-order valence-electron chi connectivity index (χ2n) is 3.38. The van der Waals surface area contributed by atoms with E-state index in [9.17, 15) is 9.59 Å². The minimum atomic E-state index is -1.12. The van der Waals surface area contributed by atoms with Gasteiger partial charge >= 0.3 is 12.1 Å². The van der Waals surface area contributed by atoms with Crippen molar-refractivity contribution in [1.82, 2.24) is 4.90 Å². The zero-order valence-electron chi connectivity index (χ0n) is 6.30. The minimum Gasteiger partial charge on any atom is -0.480 e. The Bertz CT molecular complexity index is 252. The molecule has 1 amide bonds. The van der Waals surface area contributed by atoms with E-state index in [4.69, 9.17) is 10.2 Å². The van der Waals surface area contributed by atoms with Crippen molar-refractivity contribution in [2.24, 2.45) is 11.8 Å². The zero-order chi connectivity index (χ0) is 8.88. The highest BCUT2D eigenvalue weighted by atomic mass is 16.4. The van der Waals surface area contributed by atoms with E-state index in [1.165, 1.54) is 0 Å². The first kappa shape index (κ1) is 7.39. The van der Waals surface area contributed by atoms with E-state index in [1.54, 1.807) is 0 Å². The van der Waals surface area contributed by atoms with Gasteiger partial charge in [0, 0.05) is 6.54 Å². The van der Waals surface area contributed by atoms with Gasteiger partial charge in [-0.2, -0.15) is 0 Å². The SMILES string of the molecule is O=C(O)[C@H]1[C@H]2C[C@H]2CN1C(=O)O. The normalized spacial score (nSPS) is 37.7. The highest BCUT2D eigenvalue weighted by molar-refractivity contribution is 5.81. The molecule has 3 atom stereocenters. The van der Waals surface area contributed by atoms with Gasteiger partial charge in [-0.25, -0.2) is 9.59 Å². The van der Waals surface area contributed by atoms with Crippen LogP contribution in [-0.4, -0.2) is 39.8 Å². The summed E-state index contributed by atoms with van der Waals surface area (Å²) in [5.41, 5.74) is 0. The lowest BCUT2D eigenvalue weighted by atomic mass is 10.2. The first-order valence-corrected chi connectivity index (χ1v) is 3.83. The number of nitrogens with zero attached hydrogens (tertiary/aromatic N) is 1. The highest BCUT2D eigenvalue weighted by Crippen LogP contribution is 2.49. The highest BCUT2D eigenvalue weighted by Gasteiger charge is 2.57. The van der Waals surface area contributed by atoms with Gasteiger partial charge in [0.2, 0.25) is 0 Å². The van der Waals surface area contributed by atoms with Crippen LogP contribution in [0.3, 0.4) is 0 Å². The van der Waals surface area contributed by atoms with Gasteiger partial charge in [-0.3, -0.25) is 4.90 Å². The molecule has 0 spiro atoms. The summed E-state index contributed by atoms with van der Waals surface area (Å²) in [4.78, 5) is 22.2. The molecule has 0 aromatic carbocycles. The molecule has 1 saturated carbocycles. The number of carboxylic acids is 1. The Balaban J connectivity index is 2.16. The van der Waals surface area contributed by atoms with Crippen LogP contribution in [0.4, 0.5) is 4.79 Å². The molecule has 66 valence electrons. The molecule has 1 saturated heterocycles. The Morgan fingerprint density at radius 1 is 1.33 bits per heavy atom. The summed E-state index contributed by atoms with van der Waals surface area (Å²) < 4.78 is 0. The number of carbonyl (C=O) groups is 2. The lowest BCUT2D eigenvalue weighted by Gasteiger charge is -2.20. The van der Waals surface area contributed by atoms with Gasteiger partial charge in [-0.05, 0) is 18.3 Å². The Labute approximate surface area is 68.6 Å². The fourth-order valence-corrected chi connectivity index (χ4v) is 1.98. The molecule has 0 radical (unpaired) electrons. The maximum atomic E-state index is 10.6. The summed E-state index contributed by atoms with van der Waals surface area (Å²) in [6.45, 7) is 0.400. The fraction of sp³-hybridized carbons (Fsp3) is 0.714. The molecule has 0 aromatic rings. The average molecular weight is 171 g/mol. The van der Waals surface area contributed by atoms with Crippen molar-refractivity contribution >= 4 is 12.1 Å². The van der Waals surface area contributed by atoms with E-state index in [0.717, 1.165) is 11.3 Å². The molecule has 1 aliphatic carbocycles. The molecular formula is C7H9NO4. The van der Waals surface area contributed by atoms with Crippen molar-refractivity contribution in [2.45, 2.75) is 12.5 Å².